The Morgan fingerprint density at radius 2 is 1.56 bits per heavy atom. The Morgan fingerprint density at radius 3 is 2.11 bits per heavy atom. The molecule has 2 aromatic carbocycles. The monoisotopic (exact) mass is 240 g/mol. The molecule has 0 saturated heterocycles. The first-order valence-electron chi connectivity index (χ1n) is 6.10. The van der Waals surface area contributed by atoms with Crippen LogP contribution in [-0.2, 0) is 0 Å². The van der Waals surface area contributed by atoms with Gasteiger partial charge in [0.05, 0.1) is 6.10 Å². The van der Waals surface area contributed by atoms with Crippen LogP contribution in [0.15, 0.2) is 54.6 Å². The summed E-state index contributed by atoms with van der Waals surface area (Å²) in [6, 6.07) is 16.3. The quantitative estimate of drug-likeness (QED) is 0.832. The Labute approximate surface area is 107 Å². The molecule has 0 aromatic heterocycles. The van der Waals surface area contributed by atoms with Crippen LogP contribution >= 0.6 is 0 Å². The summed E-state index contributed by atoms with van der Waals surface area (Å²) >= 11 is 0. The third kappa shape index (κ3) is 2.66. The van der Waals surface area contributed by atoms with Crippen LogP contribution in [0.25, 0.3) is 0 Å². The zero-order valence-corrected chi connectivity index (χ0v) is 10.3. The van der Waals surface area contributed by atoms with Crippen molar-refractivity contribution in [3.05, 3.63) is 71.3 Å². The van der Waals surface area contributed by atoms with E-state index in [0.717, 1.165) is 5.56 Å². The summed E-state index contributed by atoms with van der Waals surface area (Å²) in [5.41, 5.74) is 2.18. The predicted molar refractivity (Wildman–Crippen MR) is 71.6 cm³/mol. The van der Waals surface area contributed by atoms with Gasteiger partial charge in [-0.15, -0.1) is 0 Å². The lowest BCUT2D eigenvalue weighted by Crippen LogP contribution is -2.02. The van der Waals surface area contributed by atoms with Gasteiger partial charge in [-0.2, -0.15) is 0 Å². The van der Waals surface area contributed by atoms with Crippen LogP contribution in [0.1, 0.15) is 40.9 Å². The molecule has 0 radical (unpaired) electrons. The Balaban J connectivity index is 2.22. The van der Waals surface area contributed by atoms with Gasteiger partial charge in [0.2, 0.25) is 0 Å². The van der Waals surface area contributed by atoms with Crippen molar-refractivity contribution in [1.29, 1.82) is 0 Å². The molecule has 0 saturated carbocycles. The van der Waals surface area contributed by atoms with Crippen LogP contribution in [0.3, 0.4) is 0 Å². The number of hydrogen-bond acceptors (Lipinski definition) is 2. The average Bonchev–Trinajstić information content (AvgIpc) is 2.47. The molecule has 0 bridgehead atoms. The minimum atomic E-state index is -0.453. The van der Waals surface area contributed by atoms with Gasteiger partial charge in [0, 0.05) is 11.1 Å². The van der Waals surface area contributed by atoms with Gasteiger partial charge < -0.3 is 5.11 Å². The van der Waals surface area contributed by atoms with Crippen LogP contribution in [0.2, 0.25) is 0 Å². The Hall–Kier alpha value is -1.93. The fraction of sp³-hybridized carbons (Fsp3) is 0.188. The summed E-state index contributed by atoms with van der Waals surface area (Å²) in [5.74, 6) is 0.00754. The number of aliphatic hydroxyl groups is 1. The normalized spacial score (nSPS) is 12.1. The minimum absolute atomic E-state index is 0.00754. The lowest BCUT2D eigenvalue weighted by molar-refractivity contribution is 0.103. The number of ketones is 1. The van der Waals surface area contributed by atoms with Gasteiger partial charge in [-0.3, -0.25) is 4.79 Å². The Kier molecular flexibility index (Phi) is 3.90. The van der Waals surface area contributed by atoms with E-state index in [1.54, 1.807) is 24.3 Å². The number of aliphatic hydroxyl groups excluding tert-OH is 1. The van der Waals surface area contributed by atoms with E-state index in [1.165, 1.54) is 0 Å². The second-order valence-corrected chi connectivity index (χ2v) is 4.24. The minimum Gasteiger partial charge on any atom is -0.388 e. The maximum atomic E-state index is 12.1. The van der Waals surface area contributed by atoms with Crippen molar-refractivity contribution in [2.75, 3.05) is 0 Å². The highest BCUT2D eigenvalue weighted by molar-refractivity contribution is 6.08. The van der Waals surface area contributed by atoms with E-state index in [4.69, 9.17) is 0 Å². The highest BCUT2D eigenvalue weighted by atomic mass is 16.3. The van der Waals surface area contributed by atoms with Crippen LogP contribution in [0.5, 0.6) is 0 Å². The molecule has 0 aliphatic carbocycles. The summed E-state index contributed by atoms with van der Waals surface area (Å²) < 4.78 is 0. The Bertz CT molecular complexity index is 515. The van der Waals surface area contributed by atoms with Crippen molar-refractivity contribution >= 4 is 5.78 Å². The molecule has 0 heterocycles. The van der Waals surface area contributed by atoms with Gasteiger partial charge in [0.1, 0.15) is 0 Å². The number of rotatable bonds is 4. The molecule has 0 unspecified atom stereocenters. The smallest absolute Gasteiger partial charge is 0.193 e. The van der Waals surface area contributed by atoms with Gasteiger partial charge in [-0.1, -0.05) is 61.5 Å². The Morgan fingerprint density at radius 1 is 1.00 bits per heavy atom. The van der Waals surface area contributed by atoms with E-state index in [-0.39, 0.29) is 5.78 Å². The van der Waals surface area contributed by atoms with Crippen LogP contribution in [0.4, 0.5) is 0 Å². The van der Waals surface area contributed by atoms with E-state index in [1.807, 2.05) is 37.3 Å². The second-order valence-electron chi connectivity index (χ2n) is 4.24. The number of benzene rings is 2. The molecule has 2 rings (SSSR count). The van der Waals surface area contributed by atoms with Crippen LogP contribution < -0.4 is 0 Å². The third-order valence-corrected chi connectivity index (χ3v) is 2.98. The lowest BCUT2D eigenvalue weighted by Gasteiger charge is -2.08. The molecule has 92 valence electrons. The molecule has 0 aliphatic heterocycles. The molecule has 2 heteroatoms. The first kappa shape index (κ1) is 12.5. The summed E-state index contributed by atoms with van der Waals surface area (Å²) in [5, 5.41) is 9.69. The first-order valence-corrected chi connectivity index (χ1v) is 6.10. The number of carbonyl (C=O) groups is 1. The second kappa shape index (κ2) is 5.61. The maximum absolute atomic E-state index is 12.1. The first-order chi connectivity index (χ1) is 8.72. The van der Waals surface area contributed by atoms with Crippen molar-refractivity contribution in [3.8, 4) is 0 Å². The molecular formula is C16H16O2. The maximum Gasteiger partial charge on any atom is 0.193 e. The molecule has 2 nitrogen and oxygen atoms in total. The highest BCUT2D eigenvalue weighted by Crippen LogP contribution is 2.18. The van der Waals surface area contributed by atoms with Crippen molar-refractivity contribution in [1.82, 2.24) is 0 Å². The lowest BCUT2D eigenvalue weighted by atomic mass is 10.00. The topological polar surface area (TPSA) is 37.3 Å². The standard InChI is InChI=1S/C16H16O2/c1-2-15(17)12-8-10-14(11-9-12)16(18)13-6-4-3-5-7-13/h3-11,15,17H,2H2,1H3/t15-/m0/s1. The van der Waals surface area contributed by atoms with Crippen molar-refractivity contribution in [3.63, 3.8) is 0 Å². The van der Waals surface area contributed by atoms with E-state index in [0.29, 0.717) is 17.5 Å². The molecule has 2 aromatic rings. The van der Waals surface area contributed by atoms with E-state index >= 15 is 0 Å². The summed E-state index contributed by atoms with van der Waals surface area (Å²) in [6.45, 7) is 1.92. The number of carbonyl (C=O) groups excluding carboxylic acids is 1. The van der Waals surface area contributed by atoms with Crippen molar-refractivity contribution < 1.29 is 9.90 Å². The van der Waals surface area contributed by atoms with Crippen molar-refractivity contribution in [2.24, 2.45) is 0 Å². The fourth-order valence-corrected chi connectivity index (χ4v) is 1.85. The fourth-order valence-electron chi connectivity index (χ4n) is 1.85. The highest BCUT2D eigenvalue weighted by Gasteiger charge is 2.09. The van der Waals surface area contributed by atoms with E-state index < -0.39 is 6.10 Å². The summed E-state index contributed by atoms with van der Waals surface area (Å²) in [7, 11) is 0. The van der Waals surface area contributed by atoms with Gasteiger partial charge in [0.15, 0.2) is 5.78 Å². The molecule has 1 atom stereocenters. The molecule has 0 aliphatic rings. The summed E-state index contributed by atoms with van der Waals surface area (Å²) in [4.78, 5) is 12.1. The van der Waals surface area contributed by atoms with Gasteiger partial charge >= 0.3 is 0 Å². The van der Waals surface area contributed by atoms with Crippen molar-refractivity contribution in [2.45, 2.75) is 19.4 Å². The third-order valence-electron chi connectivity index (χ3n) is 2.98. The molecule has 0 fully saturated rings. The average molecular weight is 240 g/mol. The molecule has 1 N–H and O–H groups in total. The molecule has 18 heavy (non-hydrogen) atoms. The van der Waals surface area contributed by atoms with Gasteiger partial charge in [-0.25, -0.2) is 0 Å². The van der Waals surface area contributed by atoms with Crippen LogP contribution in [0, 0.1) is 0 Å². The van der Waals surface area contributed by atoms with Gasteiger partial charge in [-0.05, 0) is 12.0 Å². The SMILES string of the molecule is CC[C@H](O)c1ccc(C(=O)c2ccccc2)cc1. The molecular weight excluding hydrogens is 224 g/mol. The predicted octanol–water partition coefficient (Wildman–Crippen LogP) is 3.36. The molecule has 0 spiro atoms. The van der Waals surface area contributed by atoms with E-state index in [2.05, 4.69) is 0 Å². The van der Waals surface area contributed by atoms with Crippen LogP contribution in [-0.4, -0.2) is 10.9 Å². The largest absolute Gasteiger partial charge is 0.388 e. The van der Waals surface area contributed by atoms with Gasteiger partial charge in [0.25, 0.3) is 0 Å². The number of hydrogen-bond donors (Lipinski definition) is 1. The zero-order valence-electron chi connectivity index (χ0n) is 10.3. The van der Waals surface area contributed by atoms with E-state index in [9.17, 15) is 9.90 Å². The zero-order chi connectivity index (χ0) is 13.0. The molecule has 0 amide bonds. The summed E-state index contributed by atoms with van der Waals surface area (Å²) in [6.07, 6.45) is 0.220.